The Kier molecular flexibility index (Phi) is 5.20. The predicted octanol–water partition coefficient (Wildman–Crippen LogP) is 2.93. The van der Waals surface area contributed by atoms with Crippen LogP contribution in [0.5, 0.6) is 0 Å². The first-order chi connectivity index (χ1) is 15.0. The summed E-state index contributed by atoms with van der Waals surface area (Å²) in [7, 11) is 1.73. The molecule has 1 fully saturated rings. The molecule has 1 aliphatic heterocycles. The lowest BCUT2D eigenvalue weighted by atomic mass is 9.93. The maximum absolute atomic E-state index is 13.5. The number of anilines is 1. The molecule has 1 aliphatic carbocycles. The average molecular weight is 422 g/mol. The number of aryl methyl sites for hydroxylation is 2. The van der Waals surface area contributed by atoms with Crippen molar-refractivity contribution in [2.75, 3.05) is 11.4 Å². The van der Waals surface area contributed by atoms with Gasteiger partial charge in [0.1, 0.15) is 0 Å². The fourth-order valence-electron chi connectivity index (χ4n) is 5.33. The molecule has 31 heavy (non-hydrogen) atoms. The van der Waals surface area contributed by atoms with Gasteiger partial charge in [-0.3, -0.25) is 13.9 Å². The predicted molar refractivity (Wildman–Crippen MR) is 123 cm³/mol. The lowest BCUT2D eigenvalue weighted by molar-refractivity contribution is 0.354. The van der Waals surface area contributed by atoms with E-state index in [0.717, 1.165) is 24.6 Å². The van der Waals surface area contributed by atoms with Crippen LogP contribution in [-0.2, 0) is 26.6 Å². The van der Waals surface area contributed by atoms with E-state index in [2.05, 4.69) is 16.4 Å². The molecular weight excluding hydrogens is 390 g/mol. The van der Waals surface area contributed by atoms with E-state index in [9.17, 15) is 9.59 Å². The van der Waals surface area contributed by atoms with Crippen LogP contribution in [0.4, 0.5) is 5.95 Å². The van der Waals surface area contributed by atoms with E-state index in [1.807, 2.05) is 30.3 Å². The normalized spacial score (nSPS) is 19.7. The smallest absolute Gasteiger partial charge is 0.332 e. The fourth-order valence-corrected chi connectivity index (χ4v) is 5.33. The standard InChI is InChI=1S/C24H31N5O2/c1-17-15-28(19-11-7-4-8-12-19)23-25-21-20(29(23)16-17)22(30)27(24(31)26(21)2)14-13-18-9-5-3-6-10-18/h3,5-6,9-10,17,19H,4,7-8,11-16H2,1-2H3/t17-/m1/s1. The highest BCUT2D eigenvalue weighted by atomic mass is 16.2. The fraction of sp³-hybridized carbons (Fsp3) is 0.542. The third kappa shape index (κ3) is 3.50. The Hall–Kier alpha value is -2.83. The van der Waals surface area contributed by atoms with Gasteiger partial charge in [-0.2, -0.15) is 4.98 Å². The molecule has 0 saturated heterocycles. The van der Waals surface area contributed by atoms with Crippen molar-refractivity contribution in [3.8, 4) is 0 Å². The Balaban J connectivity index is 1.60. The van der Waals surface area contributed by atoms with Crippen molar-refractivity contribution in [1.29, 1.82) is 0 Å². The molecule has 0 radical (unpaired) electrons. The second kappa shape index (κ2) is 8.02. The minimum Gasteiger partial charge on any atom is -0.339 e. The molecule has 0 amide bonds. The van der Waals surface area contributed by atoms with Crippen LogP contribution in [0.1, 0.15) is 44.6 Å². The number of fused-ring (bicyclic) bond motifs is 3. The van der Waals surface area contributed by atoms with Gasteiger partial charge in [0.25, 0.3) is 5.56 Å². The zero-order valence-electron chi connectivity index (χ0n) is 18.5. The number of rotatable bonds is 4. The molecule has 0 unspecified atom stereocenters. The van der Waals surface area contributed by atoms with Crippen molar-refractivity contribution in [1.82, 2.24) is 18.7 Å². The lowest BCUT2D eigenvalue weighted by Crippen LogP contribution is -2.45. The molecule has 1 aromatic carbocycles. The van der Waals surface area contributed by atoms with E-state index >= 15 is 0 Å². The van der Waals surface area contributed by atoms with Gasteiger partial charge in [-0.1, -0.05) is 56.5 Å². The summed E-state index contributed by atoms with van der Waals surface area (Å²) in [5, 5.41) is 0. The van der Waals surface area contributed by atoms with Crippen LogP contribution >= 0.6 is 0 Å². The molecule has 0 spiro atoms. The van der Waals surface area contributed by atoms with Crippen molar-refractivity contribution in [3.63, 3.8) is 0 Å². The minimum atomic E-state index is -0.291. The van der Waals surface area contributed by atoms with Gasteiger partial charge in [0.15, 0.2) is 11.2 Å². The van der Waals surface area contributed by atoms with Crippen molar-refractivity contribution in [2.24, 2.45) is 13.0 Å². The van der Waals surface area contributed by atoms with Gasteiger partial charge in [0, 0.05) is 32.7 Å². The van der Waals surface area contributed by atoms with Crippen LogP contribution in [0, 0.1) is 5.92 Å². The van der Waals surface area contributed by atoms with Gasteiger partial charge in [-0.15, -0.1) is 0 Å². The molecule has 1 saturated carbocycles. The maximum Gasteiger partial charge on any atom is 0.332 e. The molecular formula is C24H31N5O2. The van der Waals surface area contributed by atoms with Gasteiger partial charge in [-0.05, 0) is 30.7 Å². The zero-order valence-corrected chi connectivity index (χ0v) is 18.5. The van der Waals surface area contributed by atoms with Crippen LogP contribution in [0.15, 0.2) is 39.9 Å². The van der Waals surface area contributed by atoms with Crippen molar-refractivity contribution < 1.29 is 0 Å². The van der Waals surface area contributed by atoms with Crippen LogP contribution in [0.2, 0.25) is 0 Å². The second-order valence-corrected chi connectivity index (χ2v) is 9.28. The third-order valence-electron chi connectivity index (χ3n) is 6.95. The largest absolute Gasteiger partial charge is 0.339 e. The van der Waals surface area contributed by atoms with Crippen LogP contribution < -0.4 is 16.1 Å². The maximum atomic E-state index is 13.5. The average Bonchev–Trinajstić information content (AvgIpc) is 3.18. The van der Waals surface area contributed by atoms with E-state index in [1.54, 1.807) is 11.6 Å². The quantitative estimate of drug-likeness (QED) is 0.650. The van der Waals surface area contributed by atoms with Crippen molar-refractivity contribution >= 4 is 17.1 Å². The number of benzene rings is 1. The molecule has 7 nitrogen and oxygen atoms in total. The Morgan fingerprint density at radius 1 is 1.03 bits per heavy atom. The van der Waals surface area contributed by atoms with Gasteiger partial charge < -0.3 is 9.47 Å². The SMILES string of the molecule is C[C@@H]1CN(C2CCCCC2)c2nc3c(c(=O)n(CCc4ccccc4)c(=O)n3C)n2C1. The second-order valence-electron chi connectivity index (χ2n) is 9.28. The first kappa shape index (κ1) is 20.1. The first-order valence-corrected chi connectivity index (χ1v) is 11.5. The Morgan fingerprint density at radius 3 is 2.52 bits per heavy atom. The summed E-state index contributed by atoms with van der Waals surface area (Å²) < 4.78 is 5.02. The molecule has 2 aliphatic rings. The van der Waals surface area contributed by atoms with E-state index in [4.69, 9.17) is 4.98 Å². The van der Waals surface area contributed by atoms with Crippen molar-refractivity contribution in [3.05, 3.63) is 56.7 Å². The Bertz CT molecular complexity index is 1200. The number of aromatic nitrogens is 4. The molecule has 5 rings (SSSR count). The summed E-state index contributed by atoms with van der Waals surface area (Å²) >= 11 is 0. The lowest BCUT2D eigenvalue weighted by Gasteiger charge is -2.40. The highest BCUT2D eigenvalue weighted by Gasteiger charge is 2.33. The highest BCUT2D eigenvalue weighted by Crippen LogP contribution is 2.32. The van der Waals surface area contributed by atoms with E-state index in [-0.39, 0.29) is 11.2 Å². The summed E-state index contributed by atoms with van der Waals surface area (Å²) in [6, 6.07) is 10.5. The molecule has 7 heteroatoms. The molecule has 3 heterocycles. The van der Waals surface area contributed by atoms with E-state index in [0.29, 0.717) is 36.1 Å². The molecule has 0 N–H and O–H groups in total. The molecule has 0 bridgehead atoms. The summed E-state index contributed by atoms with van der Waals surface area (Å²) in [6.45, 7) is 4.33. The number of hydrogen-bond acceptors (Lipinski definition) is 4. The van der Waals surface area contributed by atoms with Gasteiger partial charge in [0.2, 0.25) is 5.95 Å². The molecule has 1 atom stereocenters. The summed E-state index contributed by atoms with van der Waals surface area (Å²) in [5.41, 5.74) is 1.68. The van der Waals surface area contributed by atoms with Crippen molar-refractivity contribution in [2.45, 2.75) is 64.6 Å². The van der Waals surface area contributed by atoms with Gasteiger partial charge in [-0.25, -0.2) is 4.79 Å². The first-order valence-electron chi connectivity index (χ1n) is 11.5. The minimum absolute atomic E-state index is 0.217. The number of nitrogens with zero attached hydrogens (tertiary/aromatic N) is 5. The zero-order chi connectivity index (χ0) is 21.5. The summed E-state index contributed by atoms with van der Waals surface area (Å²) in [6.07, 6.45) is 6.80. The third-order valence-corrected chi connectivity index (χ3v) is 6.95. The molecule has 164 valence electrons. The van der Waals surface area contributed by atoms with Gasteiger partial charge in [0.05, 0.1) is 0 Å². The van der Waals surface area contributed by atoms with Gasteiger partial charge >= 0.3 is 5.69 Å². The molecule has 2 aromatic heterocycles. The highest BCUT2D eigenvalue weighted by molar-refractivity contribution is 5.75. The summed E-state index contributed by atoms with van der Waals surface area (Å²) in [5.74, 6) is 1.30. The topological polar surface area (TPSA) is 65.1 Å². The molecule has 3 aromatic rings. The number of hydrogen-bond donors (Lipinski definition) is 0. The van der Waals surface area contributed by atoms with Crippen LogP contribution in [0.25, 0.3) is 11.2 Å². The van der Waals surface area contributed by atoms with E-state index < -0.39 is 0 Å². The summed E-state index contributed by atoms with van der Waals surface area (Å²) in [4.78, 5) is 33.8. The van der Waals surface area contributed by atoms with E-state index in [1.165, 1.54) is 36.7 Å². The van der Waals surface area contributed by atoms with Crippen LogP contribution in [0.3, 0.4) is 0 Å². The Morgan fingerprint density at radius 2 is 1.77 bits per heavy atom. The number of imidazole rings is 1. The Labute approximate surface area is 181 Å². The monoisotopic (exact) mass is 421 g/mol. The van der Waals surface area contributed by atoms with Crippen LogP contribution in [-0.4, -0.2) is 31.3 Å².